The molecule has 0 aliphatic carbocycles. The number of nitrogens with one attached hydrogen (secondary N) is 1. The van der Waals surface area contributed by atoms with Gasteiger partial charge in [0.2, 0.25) is 0 Å². The van der Waals surface area contributed by atoms with Crippen LogP contribution in [0.5, 0.6) is 0 Å². The first-order chi connectivity index (χ1) is 7.75. The molecule has 1 fully saturated rings. The van der Waals surface area contributed by atoms with Crippen LogP contribution in [0.15, 0.2) is 24.3 Å². The maximum atomic E-state index is 5.87. The van der Waals surface area contributed by atoms with Gasteiger partial charge in [-0.2, -0.15) is 11.8 Å². The lowest BCUT2D eigenvalue weighted by Crippen LogP contribution is -2.25. The van der Waals surface area contributed by atoms with Gasteiger partial charge in [-0.1, -0.05) is 23.7 Å². The predicted octanol–water partition coefficient (Wildman–Crippen LogP) is 3.74. The lowest BCUT2D eigenvalue weighted by atomic mass is 10.1. The van der Waals surface area contributed by atoms with Gasteiger partial charge in [0.05, 0.1) is 0 Å². The highest BCUT2D eigenvalue weighted by molar-refractivity contribution is 7.99. The Morgan fingerprint density at radius 1 is 1.44 bits per heavy atom. The molecule has 3 heteroatoms. The standard InChI is InChI=1S/C13H18ClNS/c1-10(12-2-4-13(14)5-3-12)15-8-11-6-7-16-9-11/h2-5,10-11,15H,6-9H2,1H3/t10-,11?/m0/s1. The molecule has 16 heavy (non-hydrogen) atoms. The Kier molecular flexibility index (Phi) is 4.56. The fourth-order valence-electron chi connectivity index (χ4n) is 1.96. The fraction of sp³-hybridized carbons (Fsp3) is 0.538. The van der Waals surface area contributed by atoms with E-state index in [1.54, 1.807) is 0 Å². The van der Waals surface area contributed by atoms with Gasteiger partial charge >= 0.3 is 0 Å². The molecular weight excluding hydrogens is 238 g/mol. The van der Waals surface area contributed by atoms with Gasteiger partial charge in [0.1, 0.15) is 0 Å². The van der Waals surface area contributed by atoms with Crippen molar-refractivity contribution >= 4 is 23.4 Å². The maximum absolute atomic E-state index is 5.87. The van der Waals surface area contributed by atoms with Crippen molar-refractivity contribution in [3.05, 3.63) is 34.9 Å². The van der Waals surface area contributed by atoms with Crippen LogP contribution in [0, 0.1) is 5.92 Å². The fourth-order valence-corrected chi connectivity index (χ4v) is 3.37. The zero-order chi connectivity index (χ0) is 11.4. The Morgan fingerprint density at radius 3 is 2.81 bits per heavy atom. The van der Waals surface area contributed by atoms with Crippen LogP contribution < -0.4 is 5.32 Å². The summed E-state index contributed by atoms with van der Waals surface area (Å²) in [5.74, 6) is 3.52. The van der Waals surface area contributed by atoms with Crippen LogP contribution in [0.4, 0.5) is 0 Å². The van der Waals surface area contributed by atoms with E-state index in [0.29, 0.717) is 6.04 Å². The summed E-state index contributed by atoms with van der Waals surface area (Å²) in [6, 6.07) is 8.54. The summed E-state index contributed by atoms with van der Waals surface area (Å²) in [7, 11) is 0. The minimum Gasteiger partial charge on any atom is -0.310 e. The van der Waals surface area contributed by atoms with E-state index < -0.39 is 0 Å². The van der Waals surface area contributed by atoms with Gasteiger partial charge in [-0.3, -0.25) is 0 Å². The third-order valence-electron chi connectivity index (χ3n) is 3.11. The monoisotopic (exact) mass is 255 g/mol. The molecule has 1 aliphatic rings. The van der Waals surface area contributed by atoms with Crippen LogP contribution in [0.3, 0.4) is 0 Å². The van der Waals surface area contributed by atoms with Crippen LogP contribution in [-0.2, 0) is 0 Å². The summed E-state index contributed by atoms with van der Waals surface area (Å²) in [4.78, 5) is 0. The second-order valence-corrected chi connectivity index (χ2v) is 6.00. The molecule has 1 unspecified atom stereocenters. The summed E-state index contributed by atoms with van der Waals surface area (Å²) in [6.07, 6.45) is 1.37. The molecule has 88 valence electrons. The molecule has 0 amide bonds. The quantitative estimate of drug-likeness (QED) is 0.880. The molecular formula is C13H18ClNS. The number of rotatable bonds is 4. The average molecular weight is 256 g/mol. The molecule has 0 saturated carbocycles. The molecule has 0 radical (unpaired) electrons. The van der Waals surface area contributed by atoms with Crippen molar-refractivity contribution in [2.75, 3.05) is 18.1 Å². The van der Waals surface area contributed by atoms with Crippen molar-refractivity contribution < 1.29 is 0 Å². The molecule has 2 atom stereocenters. The third-order valence-corrected chi connectivity index (χ3v) is 4.59. The van der Waals surface area contributed by atoms with E-state index in [1.165, 1.54) is 23.5 Å². The van der Waals surface area contributed by atoms with Crippen molar-refractivity contribution in [2.45, 2.75) is 19.4 Å². The van der Waals surface area contributed by atoms with Gasteiger partial charge in [0.15, 0.2) is 0 Å². The Labute approximate surface area is 107 Å². The topological polar surface area (TPSA) is 12.0 Å². The van der Waals surface area contributed by atoms with Crippen LogP contribution in [0.2, 0.25) is 5.02 Å². The molecule has 0 spiro atoms. The highest BCUT2D eigenvalue weighted by atomic mass is 35.5. The predicted molar refractivity (Wildman–Crippen MR) is 73.3 cm³/mol. The number of benzene rings is 1. The molecule has 0 aromatic heterocycles. The molecule has 2 rings (SSSR count). The summed E-state index contributed by atoms with van der Waals surface area (Å²) < 4.78 is 0. The molecule has 0 bridgehead atoms. The van der Waals surface area contributed by atoms with E-state index in [9.17, 15) is 0 Å². The number of halogens is 1. The van der Waals surface area contributed by atoms with Gasteiger partial charge in [0, 0.05) is 11.1 Å². The third kappa shape index (κ3) is 3.41. The minimum atomic E-state index is 0.419. The normalized spacial score (nSPS) is 22.2. The SMILES string of the molecule is C[C@H](NCC1CCSC1)c1ccc(Cl)cc1. The highest BCUT2D eigenvalue weighted by Crippen LogP contribution is 2.23. The number of hydrogen-bond acceptors (Lipinski definition) is 2. The Hall–Kier alpha value is -0.180. The van der Waals surface area contributed by atoms with Crippen molar-refractivity contribution in [3.63, 3.8) is 0 Å². The van der Waals surface area contributed by atoms with Crippen LogP contribution in [0.1, 0.15) is 24.9 Å². The Morgan fingerprint density at radius 2 is 2.19 bits per heavy atom. The molecule has 1 aromatic rings. The van der Waals surface area contributed by atoms with Crippen molar-refractivity contribution in [3.8, 4) is 0 Å². The van der Waals surface area contributed by atoms with Gasteiger partial charge in [-0.25, -0.2) is 0 Å². The van der Waals surface area contributed by atoms with Gasteiger partial charge in [-0.15, -0.1) is 0 Å². The molecule has 1 aliphatic heterocycles. The largest absolute Gasteiger partial charge is 0.310 e. The van der Waals surface area contributed by atoms with Crippen LogP contribution >= 0.6 is 23.4 Å². The summed E-state index contributed by atoms with van der Waals surface area (Å²) in [5, 5.41) is 4.41. The molecule has 1 heterocycles. The van der Waals surface area contributed by atoms with Crippen LogP contribution in [-0.4, -0.2) is 18.1 Å². The lowest BCUT2D eigenvalue weighted by Gasteiger charge is -2.17. The minimum absolute atomic E-state index is 0.419. The van der Waals surface area contributed by atoms with Crippen molar-refractivity contribution in [1.29, 1.82) is 0 Å². The lowest BCUT2D eigenvalue weighted by molar-refractivity contribution is 0.477. The average Bonchev–Trinajstić information content (AvgIpc) is 2.80. The molecule has 1 nitrogen and oxygen atoms in total. The maximum Gasteiger partial charge on any atom is 0.0406 e. The zero-order valence-corrected chi connectivity index (χ0v) is 11.2. The zero-order valence-electron chi connectivity index (χ0n) is 9.58. The van der Waals surface area contributed by atoms with E-state index in [1.807, 2.05) is 12.1 Å². The first kappa shape index (κ1) is 12.3. The second kappa shape index (κ2) is 5.95. The van der Waals surface area contributed by atoms with E-state index in [0.717, 1.165) is 17.5 Å². The molecule has 1 aromatic carbocycles. The summed E-state index contributed by atoms with van der Waals surface area (Å²) >= 11 is 7.95. The Balaban J connectivity index is 1.82. The smallest absolute Gasteiger partial charge is 0.0406 e. The van der Waals surface area contributed by atoms with Crippen LogP contribution in [0.25, 0.3) is 0 Å². The first-order valence-electron chi connectivity index (χ1n) is 5.82. The molecule has 1 saturated heterocycles. The summed E-state index contributed by atoms with van der Waals surface area (Å²) in [5.41, 5.74) is 1.31. The van der Waals surface area contributed by atoms with Gasteiger partial charge < -0.3 is 5.32 Å². The van der Waals surface area contributed by atoms with E-state index in [2.05, 4.69) is 36.1 Å². The van der Waals surface area contributed by atoms with E-state index in [-0.39, 0.29) is 0 Å². The van der Waals surface area contributed by atoms with Gasteiger partial charge in [0.25, 0.3) is 0 Å². The first-order valence-corrected chi connectivity index (χ1v) is 7.35. The van der Waals surface area contributed by atoms with E-state index >= 15 is 0 Å². The second-order valence-electron chi connectivity index (χ2n) is 4.41. The van der Waals surface area contributed by atoms with E-state index in [4.69, 9.17) is 11.6 Å². The van der Waals surface area contributed by atoms with Crippen molar-refractivity contribution in [2.24, 2.45) is 5.92 Å². The number of hydrogen-bond donors (Lipinski definition) is 1. The molecule has 1 N–H and O–H groups in total. The van der Waals surface area contributed by atoms with Crippen molar-refractivity contribution in [1.82, 2.24) is 5.32 Å². The summed E-state index contributed by atoms with van der Waals surface area (Å²) in [6.45, 7) is 3.35. The Bertz CT molecular complexity index is 319. The van der Waals surface area contributed by atoms with Gasteiger partial charge in [-0.05, 0) is 55.0 Å². The highest BCUT2D eigenvalue weighted by Gasteiger charge is 2.16. The number of thioether (sulfide) groups is 1.